The van der Waals surface area contributed by atoms with Crippen molar-refractivity contribution >= 4 is 29.9 Å². The monoisotopic (exact) mass is 438 g/mol. The summed E-state index contributed by atoms with van der Waals surface area (Å²) in [5.41, 5.74) is 0. The molecule has 1 aromatic rings. The molecule has 1 heterocycles. The number of aliphatic imine (C=N–C) groups is 1. The molecule has 1 rings (SSSR count). The highest BCUT2D eigenvalue weighted by Crippen LogP contribution is 2.10. The van der Waals surface area contributed by atoms with Crippen molar-refractivity contribution in [1.29, 1.82) is 0 Å². The molecule has 23 heavy (non-hydrogen) atoms. The summed E-state index contributed by atoms with van der Waals surface area (Å²) >= 11 is 0. The summed E-state index contributed by atoms with van der Waals surface area (Å²) in [4.78, 5) is 10.6. The van der Waals surface area contributed by atoms with Crippen LogP contribution < -0.4 is 5.32 Å². The van der Waals surface area contributed by atoms with Gasteiger partial charge >= 0.3 is 0 Å². The van der Waals surface area contributed by atoms with E-state index in [1.807, 2.05) is 25.9 Å². The molecular weight excluding hydrogens is 407 g/mol. The minimum Gasteiger partial charge on any atom is -0.378 e. The molecule has 0 amide bonds. The molecule has 1 aromatic heterocycles. The Morgan fingerprint density at radius 1 is 1.48 bits per heavy atom. The van der Waals surface area contributed by atoms with Crippen LogP contribution in [0.1, 0.15) is 33.0 Å². The number of rotatable bonds is 8. The number of nitrogens with one attached hydrogen (secondary N) is 1. The fourth-order valence-corrected chi connectivity index (χ4v) is 2.28. The van der Waals surface area contributed by atoms with Gasteiger partial charge in [0.15, 0.2) is 5.96 Å². The molecule has 0 saturated carbocycles. The Hall–Kier alpha value is -0.900. The van der Waals surface area contributed by atoms with E-state index in [9.17, 15) is 0 Å². The Morgan fingerprint density at radius 3 is 2.65 bits per heavy atom. The van der Waals surface area contributed by atoms with Gasteiger partial charge in [0.1, 0.15) is 12.2 Å². The zero-order chi connectivity index (χ0) is 16.5. The van der Waals surface area contributed by atoms with E-state index in [4.69, 9.17) is 4.74 Å². The van der Waals surface area contributed by atoms with E-state index in [-0.39, 0.29) is 30.1 Å². The Bertz CT molecular complexity index is 463. The van der Waals surface area contributed by atoms with Crippen LogP contribution in [0.4, 0.5) is 0 Å². The number of hydrogen-bond donors (Lipinski definition) is 1. The van der Waals surface area contributed by atoms with E-state index in [2.05, 4.69) is 34.2 Å². The fraction of sp³-hybridized carbons (Fsp3) is 0.800. The highest BCUT2D eigenvalue weighted by Gasteiger charge is 2.14. The zero-order valence-electron chi connectivity index (χ0n) is 15.1. The van der Waals surface area contributed by atoms with Crippen molar-refractivity contribution in [2.75, 3.05) is 27.2 Å². The summed E-state index contributed by atoms with van der Waals surface area (Å²) in [7, 11) is 5.67. The Labute approximate surface area is 156 Å². The quantitative estimate of drug-likeness (QED) is 0.382. The van der Waals surface area contributed by atoms with Crippen LogP contribution in [0.2, 0.25) is 0 Å². The predicted octanol–water partition coefficient (Wildman–Crippen LogP) is 1.89. The first-order valence-electron chi connectivity index (χ1n) is 7.85. The molecule has 1 atom stereocenters. The third-order valence-corrected chi connectivity index (χ3v) is 3.59. The lowest BCUT2D eigenvalue weighted by atomic mass is 10.0. The van der Waals surface area contributed by atoms with Gasteiger partial charge in [0.25, 0.3) is 0 Å². The zero-order valence-corrected chi connectivity index (χ0v) is 17.4. The van der Waals surface area contributed by atoms with Crippen molar-refractivity contribution in [1.82, 2.24) is 25.0 Å². The second-order valence-corrected chi connectivity index (χ2v) is 5.66. The molecule has 0 radical (unpaired) electrons. The summed E-state index contributed by atoms with van der Waals surface area (Å²) < 4.78 is 7.54. The SMILES string of the molecule is CCOC(CCNC(=NC)N(C)Cc1ncnn1C)C(C)C.I. The standard InChI is InChI=1S/C15H30N6O.HI/c1-7-22-13(12(2)3)8-9-17-15(16-4)20(5)10-14-18-11-19-21(14)6;/h11-13H,7-10H2,1-6H3,(H,16,17);1H. The van der Waals surface area contributed by atoms with Gasteiger partial charge in [-0.05, 0) is 19.3 Å². The smallest absolute Gasteiger partial charge is 0.193 e. The van der Waals surface area contributed by atoms with Crippen molar-refractivity contribution < 1.29 is 4.74 Å². The van der Waals surface area contributed by atoms with Gasteiger partial charge in [0.2, 0.25) is 0 Å². The number of aromatic nitrogens is 3. The molecule has 0 bridgehead atoms. The van der Waals surface area contributed by atoms with E-state index in [1.165, 1.54) is 0 Å². The molecule has 134 valence electrons. The fourth-order valence-electron chi connectivity index (χ4n) is 2.28. The second-order valence-electron chi connectivity index (χ2n) is 5.66. The third kappa shape index (κ3) is 7.47. The van der Waals surface area contributed by atoms with Gasteiger partial charge in [0.05, 0.1) is 12.6 Å². The first kappa shape index (κ1) is 22.1. The van der Waals surface area contributed by atoms with E-state index >= 15 is 0 Å². The van der Waals surface area contributed by atoms with Crippen molar-refractivity contribution in [2.45, 2.75) is 39.8 Å². The molecule has 0 saturated heterocycles. The number of halogens is 1. The Balaban J connectivity index is 0.00000484. The van der Waals surface area contributed by atoms with E-state index in [1.54, 1.807) is 18.1 Å². The maximum atomic E-state index is 5.77. The molecule has 0 aliphatic heterocycles. The number of guanidine groups is 1. The molecule has 1 unspecified atom stereocenters. The summed E-state index contributed by atoms with van der Waals surface area (Å²) in [5.74, 6) is 2.27. The lowest BCUT2D eigenvalue weighted by Crippen LogP contribution is -2.40. The molecule has 0 spiro atoms. The average molecular weight is 438 g/mol. The Kier molecular flexibility index (Phi) is 11.2. The van der Waals surface area contributed by atoms with Crippen LogP contribution in [0.15, 0.2) is 11.3 Å². The van der Waals surface area contributed by atoms with Crippen LogP contribution in [0.5, 0.6) is 0 Å². The normalized spacial score (nSPS) is 12.9. The van der Waals surface area contributed by atoms with Crippen molar-refractivity contribution in [3.8, 4) is 0 Å². The van der Waals surface area contributed by atoms with Gasteiger partial charge in [-0.3, -0.25) is 9.67 Å². The maximum absolute atomic E-state index is 5.77. The summed E-state index contributed by atoms with van der Waals surface area (Å²) in [6.45, 7) is 8.67. The van der Waals surface area contributed by atoms with Gasteiger partial charge in [-0.25, -0.2) is 4.98 Å². The van der Waals surface area contributed by atoms with Crippen LogP contribution >= 0.6 is 24.0 Å². The van der Waals surface area contributed by atoms with Gasteiger partial charge in [0, 0.05) is 34.3 Å². The lowest BCUT2D eigenvalue weighted by molar-refractivity contribution is 0.0257. The molecule has 7 nitrogen and oxygen atoms in total. The van der Waals surface area contributed by atoms with Gasteiger partial charge in [-0.2, -0.15) is 5.10 Å². The van der Waals surface area contributed by atoms with Gasteiger partial charge in [-0.1, -0.05) is 13.8 Å². The van der Waals surface area contributed by atoms with E-state index in [0.717, 1.165) is 31.4 Å². The number of aryl methyl sites for hydroxylation is 1. The van der Waals surface area contributed by atoms with Crippen LogP contribution in [0, 0.1) is 5.92 Å². The summed E-state index contributed by atoms with van der Waals surface area (Å²) in [6, 6.07) is 0. The maximum Gasteiger partial charge on any atom is 0.193 e. The highest BCUT2D eigenvalue weighted by molar-refractivity contribution is 14.0. The number of nitrogens with zero attached hydrogens (tertiary/aromatic N) is 5. The third-order valence-electron chi connectivity index (χ3n) is 3.59. The summed E-state index contributed by atoms with van der Waals surface area (Å²) in [6.07, 6.45) is 2.80. The topological polar surface area (TPSA) is 67.6 Å². The predicted molar refractivity (Wildman–Crippen MR) is 104 cm³/mol. The van der Waals surface area contributed by atoms with Crippen molar-refractivity contribution in [3.63, 3.8) is 0 Å². The van der Waals surface area contributed by atoms with Crippen LogP contribution in [0.3, 0.4) is 0 Å². The molecule has 0 aliphatic carbocycles. The number of ether oxygens (including phenoxy) is 1. The molecule has 0 fully saturated rings. The van der Waals surface area contributed by atoms with Crippen LogP contribution in [-0.4, -0.2) is 59.0 Å². The molecule has 0 aromatic carbocycles. The van der Waals surface area contributed by atoms with Gasteiger partial charge in [-0.15, -0.1) is 24.0 Å². The Morgan fingerprint density at radius 2 is 2.17 bits per heavy atom. The van der Waals surface area contributed by atoms with Crippen molar-refractivity contribution in [2.24, 2.45) is 18.0 Å². The first-order chi connectivity index (χ1) is 10.5. The second kappa shape index (κ2) is 11.6. The van der Waals surface area contributed by atoms with Gasteiger partial charge < -0.3 is 15.0 Å². The average Bonchev–Trinajstić information content (AvgIpc) is 2.87. The first-order valence-corrected chi connectivity index (χ1v) is 7.85. The number of hydrogen-bond acceptors (Lipinski definition) is 4. The largest absolute Gasteiger partial charge is 0.378 e. The molecule has 1 N–H and O–H groups in total. The summed E-state index contributed by atoms with van der Waals surface area (Å²) in [5, 5.41) is 7.47. The van der Waals surface area contributed by atoms with Crippen molar-refractivity contribution in [3.05, 3.63) is 12.2 Å². The minimum atomic E-state index is 0. The molecular formula is C15H31IN6O. The van der Waals surface area contributed by atoms with Crippen LogP contribution in [-0.2, 0) is 18.3 Å². The van der Waals surface area contributed by atoms with E-state index in [0.29, 0.717) is 12.5 Å². The highest BCUT2D eigenvalue weighted by atomic mass is 127. The molecule has 0 aliphatic rings. The van der Waals surface area contributed by atoms with Crippen LogP contribution in [0.25, 0.3) is 0 Å². The minimum absolute atomic E-state index is 0. The van der Waals surface area contributed by atoms with E-state index < -0.39 is 0 Å². The molecule has 8 heteroatoms. The lowest BCUT2D eigenvalue weighted by Gasteiger charge is -2.24.